The lowest BCUT2D eigenvalue weighted by Crippen LogP contribution is -2.24. The first kappa shape index (κ1) is 27.9. The van der Waals surface area contributed by atoms with Gasteiger partial charge in [-0.3, -0.25) is 9.36 Å². The number of carbonyl (C=O) groups excluding carboxylic acids is 1. The van der Waals surface area contributed by atoms with Gasteiger partial charge >= 0.3 is 0 Å². The van der Waals surface area contributed by atoms with Crippen molar-refractivity contribution in [3.05, 3.63) is 71.3 Å². The summed E-state index contributed by atoms with van der Waals surface area (Å²) >= 11 is 1.54. The summed E-state index contributed by atoms with van der Waals surface area (Å²) in [6.45, 7) is 4.62. The quantitative estimate of drug-likeness (QED) is 0.160. The van der Waals surface area contributed by atoms with Crippen LogP contribution in [0.3, 0.4) is 0 Å². The van der Waals surface area contributed by atoms with Gasteiger partial charge < -0.3 is 5.32 Å². The molecule has 1 amide bonds. The van der Waals surface area contributed by atoms with E-state index in [1.807, 2.05) is 23.6 Å². The summed E-state index contributed by atoms with van der Waals surface area (Å²) in [7, 11) is 0. The molecular formula is C29H39FN4OS. The highest BCUT2D eigenvalue weighted by atomic mass is 32.2. The normalized spacial score (nSPS) is 11.1. The maximum Gasteiger partial charge on any atom is 0.220 e. The van der Waals surface area contributed by atoms with Gasteiger partial charge in [-0.15, -0.1) is 10.2 Å². The maximum atomic E-state index is 13.2. The van der Waals surface area contributed by atoms with Crippen LogP contribution in [0.25, 0.3) is 5.69 Å². The smallest absolute Gasteiger partial charge is 0.220 e. The lowest BCUT2D eigenvalue weighted by molar-refractivity contribution is -0.121. The molecule has 36 heavy (non-hydrogen) atoms. The summed E-state index contributed by atoms with van der Waals surface area (Å²) in [5, 5.41) is 12.5. The number of carbonyl (C=O) groups is 1. The highest BCUT2D eigenvalue weighted by Crippen LogP contribution is 2.26. The zero-order chi connectivity index (χ0) is 25.6. The number of nitrogens with one attached hydrogen (secondary N) is 1. The SMILES string of the molecule is CCCCCCCCCCCC(=O)NCc1nnc(SCc2ccc(F)cc2)n1-c1ccc(C)cc1. The average Bonchev–Trinajstić information content (AvgIpc) is 3.29. The summed E-state index contributed by atoms with van der Waals surface area (Å²) in [5.41, 5.74) is 3.13. The molecule has 1 heterocycles. The van der Waals surface area contributed by atoms with Crippen LogP contribution in [0.1, 0.15) is 88.1 Å². The molecule has 7 heteroatoms. The molecule has 3 rings (SSSR count). The molecule has 1 aromatic heterocycles. The number of thioether (sulfide) groups is 1. The van der Waals surface area contributed by atoms with E-state index in [4.69, 9.17) is 0 Å². The lowest BCUT2D eigenvalue weighted by atomic mass is 10.1. The molecule has 1 N–H and O–H groups in total. The van der Waals surface area contributed by atoms with Crippen molar-refractivity contribution in [1.29, 1.82) is 0 Å². The molecule has 0 fully saturated rings. The Morgan fingerprint density at radius 3 is 2.19 bits per heavy atom. The van der Waals surface area contributed by atoms with Crippen LogP contribution in [0.15, 0.2) is 53.7 Å². The third kappa shape index (κ3) is 9.41. The molecule has 0 atom stereocenters. The minimum absolute atomic E-state index is 0.0527. The van der Waals surface area contributed by atoms with Crippen molar-refractivity contribution in [2.24, 2.45) is 0 Å². The van der Waals surface area contributed by atoms with Gasteiger partial charge in [0.25, 0.3) is 0 Å². The zero-order valence-corrected chi connectivity index (χ0v) is 22.5. The van der Waals surface area contributed by atoms with Crippen LogP contribution in [0, 0.1) is 12.7 Å². The van der Waals surface area contributed by atoms with E-state index in [-0.39, 0.29) is 11.7 Å². The molecule has 2 aromatic carbocycles. The molecule has 0 aliphatic rings. The number of benzene rings is 2. The molecule has 0 bridgehead atoms. The minimum Gasteiger partial charge on any atom is -0.349 e. The van der Waals surface area contributed by atoms with Crippen LogP contribution >= 0.6 is 11.8 Å². The Kier molecular flexibility index (Phi) is 12.0. The van der Waals surface area contributed by atoms with Gasteiger partial charge in [0.1, 0.15) is 5.82 Å². The van der Waals surface area contributed by atoms with Gasteiger partial charge in [0.15, 0.2) is 11.0 Å². The van der Waals surface area contributed by atoms with Crippen LogP contribution in [0.2, 0.25) is 0 Å². The van der Waals surface area contributed by atoms with Gasteiger partial charge in [-0.1, -0.05) is 99.9 Å². The first-order valence-corrected chi connectivity index (χ1v) is 14.2. The lowest BCUT2D eigenvalue weighted by Gasteiger charge is -2.11. The Hall–Kier alpha value is -2.67. The Morgan fingerprint density at radius 2 is 1.53 bits per heavy atom. The molecule has 0 aliphatic carbocycles. The number of aromatic nitrogens is 3. The van der Waals surface area contributed by atoms with Gasteiger partial charge in [-0.05, 0) is 43.2 Å². The molecule has 0 unspecified atom stereocenters. The summed E-state index contributed by atoms with van der Waals surface area (Å²) in [6, 6.07) is 14.7. The van der Waals surface area contributed by atoms with Gasteiger partial charge in [0, 0.05) is 17.9 Å². The second-order valence-corrected chi connectivity index (χ2v) is 10.3. The zero-order valence-electron chi connectivity index (χ0n) is 21.6. The van der Waals surface area contributed by atoms with E-state index >= 15 is 0 Å². The number of aryl methyl sites for hydroxylation is 1. The first-order chi connectivity index (χ1) is 17.6. The number of nitrogens with zero attached hydrogens (tertiary/aromatic N) is 3. The third-order valence-corrected chi connectivity index (χ3v) is 7.22. The number of halogens is 1. The Labute approximate surface area is 219 Å². The van der Waals surface area contributed by atoms with Gasteiger partial charge in [-0.25, -0.2) is 4.39 Å². The van der Waals surface area contributed by atoms with E-state index in [1.54, 1.807) is 23.9 Å². The molecular weight excluding hydrogens is 471 g/mol. The number of hydrogen-bond acceptors (Lipinski definition) is 4. The van der Waals surface area contributed by atoms with E-state index in [9.17, 15) is 9.18 Å². The van der Waals surface area contributed by atoms with Crippen LogP contribution in [0.5, 0.6) is 0 Å². The summed E-state index contributed by atoms with van der Waals surface area (Å²) < 4.78 is 15.2. The largest absolute Gasteiger partial charge is 0.349 e. The predicted octanol–water partition coefficient (Wildman–Crippen LogP) is 7.54. The minimum atomic E-state index is -0.244. The molecule has 5 nitrogen and oxygen atoms in total. The molecule has 0 saturated carbocycles. The van der Waals surface area contributed by atoms with Crippen LogP contribution in [-0.2, 0) is 17.1 Å². The van der Waals surface area contributed by atoms with Gasteiger partial charge in [0.2, 0.25) is 5.91 Å². The van der Waals surface area contributed by atoms with Crippen LogP contribution < -0.4 is 5.32 Å². The first-order valence-electron chi connectivity index (χ1n) is 13.2. The number of hydrogen-bond donors (Lipinski definition) is 1. The van der Waals surface area contributed by atoms with Gasteiger partial charge in [0.05, 0.1) is 6.54 Å². The Balaban J connectivity index is 1.51. The molecule has 3 aromatic rings. The van der Waals surface area contributed by atoms with Gasteiger partial charge in [-0.2, -0.15) is 0 Å². The van der Waals surface area contributed by atoms with Crippen molar-refractivity contribution in [2.45, 2.75) is 95.5 Å². The van der Waals surface area contributed by atoms with Crippen molar-refractivity contribution in [3.8, 4) is 5.69 Å². The number of unbranched alkanes of at least 4 members (excludes halogenated alkanes) is 8. The highest BCUT2D eigenvalue weighted by Gasteiger charge is 2.15. The van der Waals surface area contributed by atoms with E-state index in [2.05, 4.69) is 34.6 Å². The van der Waals surface area contributed by atoms with Crippen molar-refractivity contribution in [3.63, 3.8) is 0 Å². The van der Waals surface area contributed by atoms with Crippen LogP contribution in [0.4, 0.5) is 4.39 Å². The Morgan fingerprint density at radius 1 is 0.889 bits per heavy atom. The summed E-state index contributed by atoms with van der Waals surface area (Å²) in [5.74, 6) is 1.15. The van der Waals surface area contributed by atoms with Crippen molar-refractivity contribution < 1.29 is 9.18 Å². The highest BCUT2D eigenvalue weighted by molar-refractivity contribution is 7.98. The van der Waals surface area contributed by atoms with E-state index in [0.717, 1.165) is 29.2 Å². The Bertz CT molecular complexity index is 1050. The average molecular weight is 511 g/mol. The fourth-order valence-electron chi connectivity index (χ4n) is 4.05. The van der Waals surface area contributed by atoms with Crippen molar-refractivity contribution in [1.82, 2.24) is 20.1 Å². The number of amides is 1. The molecule has 0 spiro atoms. The molecule has 0 saturated heterocycles. The predicted molar refractivity (Wildman–Crippen MR) is 146 cm³/mol. The second-order valence-electron chi connectivity index (χ2n) is 9.34. The van der Waals surface area contributed by atoms with Crippen molar-refractivity contribution >= 4 is 17.7 Å². The second kappa shape index (κ2) is 15.4. The maximum absolute atomic E-state index is 13.2. The topological polar surface area (TPSA) is 59.8 Å². The number of rotatable bonds is 16. The molecule has 194 valence electrons. The summed E-state index contributed by atoms with van der Waals surface area (Å²) in [6.07, 6.45) is 11.6. The van der Waals surface area contributed by atoms with E-state index < -0.39 is 0 Å². The van der Waals surface area contributed by atoms with E-state index in [1.165, 1.54) is 62.6 Å². The standard InChI is InChI=1S/C29H39FN4OS/c1-3-4-5-6-7-8-9-10-11-12-28(35)31-21-27-32-33-29(34(27)26-19-13-23(2)14-20-26)36-22-24-15-17-25(30)18-16-24/h13-20H,3-12,21-22H2,1-2H3,(H,31,35). The third-order valence-electron chi connectivity index (χ3n) is 6.22. The molecule has 0 radical (unpaired) electrons. The van der Waals surface area contributed by atoms with Crippen LogP contribution in [-0.4, -0.2) is 20.7 Å². The van der Waals surface area contributed by atoms with E-state index in [0.29, 0.717) is 24.5 Å². The summed E-state index contributed by atoms with van der Waals surface area (Å²) in [4.78, 5) is 12.5. The fraction of sp³-hybridized carbons (Fsp3) is 0.483. The monoisotopic (exact) mass is 510 g/mol. The molecule has 0 aliphatic heterocycles. The van der Waals surface area contributed by atoms with Crippen molar-refractivity contribution in [2.75, 3.05) is 0 Å². The fourth-order valence-corrected chi connectivity index (χ4v) is 4.98.